The molecule has 4 nitrogen and oxygen atoms in total. The Morgan fingerprint density at radius 2 is 1.78 bits per heavy atom. The van der Waals surface area contributed by atoms with Gasteiger partial charge in [0.2, 0.25) is 5.91 Å². The Labute approximate surface area is 182 Å². The normalized spacial score (nSPS) is 25.1. The zero-order valence-corrected chi connectivity index (χ0v) is 17.2. The van der Waals surface area contributed by atoms with Gasteiger partial charge in [-0.3, -0.25) is 4.79 Å². The molecular formula is C24H23F4N3O. The number of halogens is 4. The lowest BCUT2D eigenvalue weighted by Gasteiger charge is -2.36. The molecule has 0 unspecified atom stereocenters. The zero-order valence-electron chi connectivity index (χ0n) is 17.2. The van der Waals surface area contributed by atoms with Gasteiger partial charge in [-0.15, -0.1) is 0 Å². The summed E-state index contributed by atoms with van der Waals surface area (Å²) in [6.07, 6.45) is 0.672. The molecule has 5 rings (SSSR count). The van der Waals surface area contributed by atoms with Gasteiger partial charge >= 0.3 is 0 Å². The van der Waals surface area contributed by atoms with E-state index in [1.54, 1.807) is 12.1 Å². The second-order valence-electron chi connectivity index (χ2n) is 8.80. The molecule has 2 fully saturated rings. The molecule has 0 bridgehead atoms. The predicted octanol–water partition coefficient (Wildman–Crippen LogP) is 4.56. The first-order valence-corrected chi connectivity index (χ1v) is 10.8. The standard InChI is InChI=1S/C24H23F4N3O/c25-15-3-1-13(2-4-15)22-21(18-7-16(26)8-19(28)23(18)31-22)14-5-12(6-14)10-30-24(32)20-9-17(27)11-29-20/h1-4,7-8,12,14,17,20,29,31H,5-6,9-11H2,(H,30,32)/t12?,14?,17-,20-/m0/s1. The Hall–Kier alpha value is -2.87. The van der Waals surface area contributed by atoms with Crippen molar-refractivity contribution in [2.24, 2.45) is 5.92 Å². The molecule has 1 saturated heterocycles. The summed E-state index contributed by atoms with van der Waals surface area (Å²) in [5.74, 6) is -1.63. The lowest BCUT2D eigenvalue weighted by Crippen LogP contribution is -2.43. The van der Waals surface area contributed by atoms with Crippen molar-refractivity contribution in [1.82, 2.24) is 15.6 Å². The maximum absolute atomic E-state index is 14.5. The van der Waals surface area contributed by atoms with Crippen LogP contribution in [0.5, 0.6) is 0 Å². The first kappa shape index (κ1) is 21.0. The number of benzene rings is 2. The number of rotatable bonds is 5. The molecule has 8 heteroatoms. The summed E-state index contributed by atoms with van der Waals surface area (Å²) in [6.45, 7) is 0.671. The van der Waals surface area contributed by atoms with Crippen molar-refractivity contribution in [2.45, 2.75) is 37.4 Å². The number of hydrogen-bond acceptors (Lipinski definition) is 2. The number of amides is 1. The molecule has 2 aromatic carbocycles. The van der Waals surface area contributed by atoms with E-state index >= 15 is 0 Å². The fraction of sp³-hybridized carbons (Fsp3) is 0.375. The molecular weight excluding hydrogens is 422 g/mol. The van der Waals surface area contributed by atoms with Gasteiger partial charge in [-0.05, 0) is 66.1 Å². The molecule has 3 aromatic rings. The highest BCUT2D eigenvalue weighted by Crippen LogP contribution is 2.48. The first-order valence-electron chi connectivity index (χ1n) is 10.8. The summed E-state index contributed by atoms with van der Waals surface area (Å²) < 4.78 is 55.2. The fourth-order valence-electron chi connectivity index (χ4n) is 4.91. The third-order valence-electron chi connectivity index (χ3n) is 6.60. The average Bonchev–Trinajstić information content (AvgIpc) is 3.32. The summed E-state index contributed by atoms with van der Waals surface area (Å²) >= 11 is 0. The fourth-order valence-corrected chi connectivity index (χ4v) is 4.91. The maximum atomic E-state index is 14.5. The summed E-state index contributed by atoms with van der Waals surface area (Å²) in [5.41, 5.74) is 2.39. The highest BCUT2D eigenvalue weighted by atomic mass is 19.1. The van der Waals surface area contributed by atoms with Crippen LogP contribution in [0.2, 0.25) is 0 Å². The molecule has 2 heterocycles. The van der Waals surface area contributed by atoms with Gasteiger partial charge in [0.25, 0.3) is 0 Å². The highest BCUT2D eigenvalue weighted by molar-refractivity contribution is 5.92. The zero-order chi connectivity index (χ0) is 22.4. The van der Waals surface area contributed by atoms with Gasteiger partial charge < -0.3 is 15.6 Å². The summed E-state index contributed by atoms with van der Waals surface area (Å²) in [4.78, 5) is 15.3. The Morgan fingerprint density at radius 3 is 2.47 bits per heavy atom. The first-order chi connectivity index (χ1) is 15.4. The molecule has 168 valence electrons. The van der Waals surface area contributed by atoms with E-state index in [9.17, 15) is 22.4 Å². The van der Waals surface area contributed by atoms with Crippen molar-refractivity contribution >= 4 is 16.8 Å². The second kappa shape index (κ2) is 8.24. The van der Waals surface area contributed by atoms with E-state index in [0.717, 1.165) is 24.5 Å². The van der Waals surface area contributed by atoms with Crippen LogP contribution in [0.1, 0.15) is 30.7 Å². The van der Waals surface area contributed by atoms with Gasteiger partial charge in [0, 0.05) is 31.0 Å². The molecule has 0 radical (unpaired) electrons. The van der Waals surface area contributed by atoms with E-state index in [2.05, 4.69) is 15.6 Å². The molecule has 3 N–H and O–H groups in total. The van der Waals surface area contributed by atoms with Crippen LogP contribution in [0.3, 0.4) is 0 Å². The van der Waals surface area contributed by atoms with E-state index in [4.69, 9.17) is 0 Å². The molecule has 32 heavy (non-hydrogen) atoms. The molecule has 1 saturated carbocycles. The van der Waals surface area contributed by atoms with Crippen molar-refractivity contribution < 1.29 is 22.4 Å². The van der Waals surface area contributed by atoms with Crippen molar-refractivity contribution in [3.63, 3.8) is 0 Å². The Bertz CT molecular complexity index is 1150. The van der Waals surface area contributed by atoms with Gasteiger partial charge in [0.1, 0.15) is 23.6 Å². The molecule has 1 aliphatic heterocycles. The number of H-pyrrole nitrogens is 1. The monoisotopic (exact) mass is 445 g/mol. The lowest BCUT2D eigenvalue weighted by atomic mass is 9.70. The maximum Gasteiger partial charge on any atom is 0.237 e. The number of nitrogens with one attached hydrogen (secondary N) is 3. The van der Waals surface area contributed by atoms with Crippen molar-refractivity contribution in [3.05, 3.63) is 59.4 Å². The third kappa shape index (κ3) is 3.88. The minimum absolute atomic E-state index is 0.0479. The Balaban J connectivity index is 1.35. The van der Waals surface area contributed by atoms with Gasteiger partial charge in [0.15, 0.2) is 0 Å². The van der Waals surface area contributed by atoms with Crippen molar-refractivity contribution in [3.8, 4) is 11.3 Å². The summed E-state index contributed by atoms with van der Waals surface area (Å²) in [5, 5.41) is 6.24. The summed E-state index contributed by atoms with van der Waals surface area (Å²) in [6, 6.07) is 7.56. The molecule has 1 aliphatic carbocycles. The van der Waals surface area contributed by atoms with E-state index < -0.39 is 23.8 Å². The van der Waals surface area contributed by atoms with Gasteiger partial charge in [0.05, 0.1) is 17.3 Å². The Morgan fingerprint density at radius 1 is 1.03 bits per heavy atom. The number of hydrogen-bond donors (Lipinski definition) is 3. The number of alkyl halides is 1. The SMILES string of the molecule is O=C(NCC1CC(c2c(-c3ccc(F)cc3)[nH]c3c(F)cc(F)cc23)C1)[C@@H]1C[C@H](F)CN1. The largest absolute Gasteiger partial charge is 0.354 e. The minimum Gasteiger partial charge on any atom is -0.354 e. The smallest absolute Gasteiger partial charge is 0.237 e. The van der Waals surface area contributed by atoms with Crippen LogP contribution in [-0.4, -0.2) is 36.2 Å². The lowest BCUT2D eigenvalue weighted by molar-refractivity contribution is -0.123. The third-order valence-corrected chi connectivity index (χ3v) is 6.60. The average molecular weight is 445 g/mol. The highest BCUT2D eigenvalue weighted by Gasteiger charge is 2.36. The van der Waals surface area contributed by atoms with E-state index in [0.29, 0.717) is 23.2 Å². The van der Waals surface area contributed by atoms with Crippen LogP contribution < -0.4 is 10.6 Å². The minimum atomic E-state index is -0.994. The van der Waals surface area contributed by atoms with Gasteiger partial charge in [-0.1, -0.05) is 0 Å². The molecule has 2 atom stereocenters. The van der Waals surface area contributed by atoms with E-state index in [-0.39, 0.29) is 42.0 Å². The second-order valence-corrected chi connectivity index (χ2v) is 8.80. The van der Waals surface area contributed by atoms with Crippen molar-refractivity contribution in [1.29, 1.82) is 0 Å². The molecule has 2 aliphatic rings. The van der Waals surface area contributed by atoms with Crippen LogP contribution in [0.15, 0.2) is 36.4 Å². The van der Waals surface area contributed by atoms with Crippen LogP contribution in [0.25, 0.3) is 22.2 Å². The van der Waals surface area contributed by atoms with Crippen LogP contribution in [0.4, 0.5) is 17.6 Å². The van der Waals surface area contributed by atoms with Crippen molar-refractivity contribution in [2.75, 3.05) is 13.1 Å². The van der Waals surface area contributed by atoms with Crippen LogP contribution in [-0.2, 0) is 4.79 Å². The quantitative estimate of drug-likeness (QED) is 0.505. The van der Waals surface area contributed by atoms with E-state index in [1.165, 1.54) is 18.2 Å². The molecule has 1 aromatic heterocycles. The van der Waals surface area contributed by atoms with Gasteiger partial charge in [-0.25, -0.2) is 17.6 Å². The number of aromatic nitrogens is 1. The van der Waals surface area contributed by atoms with Crippen LogP contribution >= 0.6 is 0 Å². The van der Waals surface area contributed by atoms with Gasteiger partial charge in [-0.2, -0.15) is 0 Å². The van der Waals surface area contributed by atoms with Crippen LogP contribution in [0, 0.1) is 23.4 Å². The summed E-state index contributed by atoms with van der Waals surface area (Å²) in [7, 11) is 0. The number of aromatic amines is 1. The molecule has 1 amide bonds. The number of fused-ring (bicyclic) bond motifs is 1. The molecule has 0 spiro atoms. The topological polar surface area (TPSA) is 56.9 Å². The van der Waals surface area contributed by atoms with E-state index in [1.807, 2.05) is 0 Å². The number of carbonyl (C=O) groups is 1. The Kier molecular flexibility index (Phi) is 5.41. The number of carbonyl (C=O) groups excluding carboxylic acids is 1. The predicted molar refractivity (Wildman–Crippen MR) is 113 cm³/mol.